The predicted octanol–water partition coefficient (Wildman–Crippen LogP) is 3.28. The molecule has 1 aromatic carbocycles. The molecular weight excluding hydrogens is 289 g/mol. The summed E-state index contributed by atoms with van der Waals surface area (Å²) in [6.45, 7) is 1.20. The van der Waals surface area contributed by atoms with Crippen molar-refractivity contribution < 1.29 is 4.39 Å². The quantitative estimate of drug-likeness (QED) is 0.926. The number of nitrogens with two attached hydrogens (primary N) is 1. The zero-order valence-corrected chi connectivity index (χ0v) is 12.3. The maximum Gasteiger partial charge on any atom is 0.119 e. The molecule has 0 saturated carbocycles. The molecule has 1 aliphatic heterocycles. The molecule has 2 N–H and O–H groups in total. The molecule has 1 saturated heterocycles. The molecule has 1 aromatic heterocycles. The van der Waals surface area contributed by atoms with E-state index in [4.69, 9.17) is 17.3 Å². The third-order valence-corrected chi connectivity index (χ3v) is 4.04. The average Bonchev–Trinajstić information content (AvgIpc) is 2.50. The number of piperidine rings is 1. The van der Waals surface area contributed by atoms with Crippen LogP contribution in [-0.4, -0.2) is 30.3 Å². The lowest BCUT2D eigenvalue weighted by molar-refractivity contribution is 0.244. The standard InChI is InChI=1S/C16H17ClFN3/c17-12-3-1-2-11(8-12)16-5-4-13(9-20-16)21-7-6-14(18)15(19)10-21/h1-5,8-9,14-15H,6-7,10,19H2/t14-,15+/m1/s1. The van der Waals surface area contributed by atoms with Crippen LogP contribution in [0.2, 0.25) is 5.02 Å². The number of alkyl halides is 1. The number of hydrogen-bond donors (Lipinski definition) is 1. The van der Waals surface area contributed by atoms with E-state index in [1.807, 2.05) is 42.6 Å². The first kappa shape index (κ1) is 14.3. The third kappa shape index (κ3) is 3.17. The van der Waals surface area contributed by atoms with Gasteiger partial charge in [-0.3, -0.25) is 4.98 Å². The van der Waals surface area contributed by atoms with E-state index in [0.717, 1.165) is 16.9 Å². The second-order valence-electron chi connectivity index (χ2n) is 5.33. The molecule has 0 amide bonds. The Morgan fingerprint density at radius 3 is 2.81 bits per heavy atom. The zero-order valence-electron chi connectivity index (χ0n) is 11.5. The maximum absolute atomic E-state index is 13.4. The molecular formula is C16H17ClFN3. The molecule has 1 aliphatic rings. The van der Waals surface area contributed by atoms with Crippen molar-refractivity contribution >= 4 is 17.3 Å². The van der Waals surface area contributed by atoms with Gasteiger partial charge in [0.25, 0.3) is 0 Å². The molecule has 3 nitrogen and oxygen atoms in total. The van der Waals surface area contributed by atoms with Gasteiger partial charge in [0.2, 0.25) is 0 Å². The second-order valence-corrected chi connectivity index (χ2v) is 5.76. The van der Waals surface area contributed by atoms with Crippen molar-refractivity contribution in [1.29, 1.82) is 0 Å². The van der Waals surface area contributed by atoms with Crippen LogP contribution < -0.4 is 10.6 Å². The Bertz CT molecular complexity index is 617. The van der Waals surface area contributed by atoms with E-state index in [1.165, 1.54) is 0 Å². The molecule has 0 bridgehead atoms. The number of anilines is 1. The van der Waals surface area contributed by atoms with Crippen LogP contribution in [0.1, 0.15) is 6.42 Å². The summed E-state index contributed by atoms with van der Waals surface area (Å²) >= 11 is 5.99. The predicted molar refractivity (Wildman–Crippen MR) is 84.4 cm³/mol. The number of halogens is 2. The molecule has 2 atom stereocenters. The molecule has 2 aromatic rings. The maximum atomic E-state index is 13.4. The van der Waals surface area contributed by atoms with Gasteiger partial charge in [-0.1, -0.05) is 23.7 Å². The van der Waals surface area contributed by atoms with Gasteiger partial charge in [0.1, 0.15) is 6.17 Å². The Hall–Kier alpha value is -1.65. The number of nitrogens with zero attached hydrogens (tertiary/aromatic N) is 2. The number of rotatable bonds is 2. The summed E-state index contributed by atoms with van der Waals surface area (Å²) < 4.78 is 13.4. The summed E-state index contributed by atoms with van der Waals surface area (Å²) in [7, 11) is 0. The van der Waals surface area contributed by atoms with Crippen LogP contribution in [0.4, 0.5) is 10.1 Å². The van der Waals surface area contributed by atoms with Crippen molar-refractivity contribution in [2.45, 2.75) is 18.6 Å². The fourth-order valence-corrected chi connectivity index (χ4v) is 2.77. The van der Waals surface area contributed by atoms with Crippen LogP contribution in [0.5, 0.6) is 0 Å². The summed E-state index contributed by atoms with van der Waals surface area (Å²) in [5.74, 6) is 0. The average molecular weight is 306 g/mol. The Kier molecular flexibility index (Phi) is 4.08. The first-order valence-electron chi connectivity index (χ1n) is 7.00. The van der Waals surface area contributed by atoms with Crippen molar-refractivity contribution in [2.24, 2.45) is 5.73 Å². The smallest absolute Gasteiger partial charge is 0.119 e. The molecule has 0 radical (unpaired) electrons. The summed E-state index contributed by atoms with van der Waals surface area (Å²) in [5.41, 5.74) is 8.61. The van der Waals surface area contributed by atoms with Gasteiger partial charge in [0.15, 0.2) is 0 Å². The highest BCUT2D eigenvalue weighted by Gasteiger charge is 2.26. The van der Waals surface area contributed by atoms with Crippen LogP contribution in [-0.2, 0) is 0 Å². The van der Waals surface area contributed by atoms with Crippen LogP contribution in [0.15, 0.2) is 42.6 Å². The highest BCUT2D eigenvalue weighted by atomic mass is 35.5. The summed E-state index contributed by atoms with van der Waals surface area (Å²) in [5, 5.41) is 0.689. The molecule has 0 spiro atoms. The largest absolute Gasteiger partial charge is 0.369 e. The SMILES string of the molecule is N[C@H]1CN(c2ccc(-c3cccc(Cl)c3)nc2)CC[C@H]1F. The lowest BCUT2D eigenvalue weighted by Gasteiger charge is -2.34. The molecule has 0 unspecified atom stereocenters. The first-order chi connectivity index (χ1) is 10.1. The van der Waals surface area contributed by atoms with E-state index in [1.54, 1.807) is 0 Å². The van der Waals surface area contributed by atoms with E-state index >= 15 is 0 Å². The molecule has 1 fully saturated rings. The fraction of sp³-hybridized carbons (Fsp3) is 0.312. The van der Waals surface area contributed by atoms with Crippen molar-refractivity contribution in [3.63, 3.8) is 0 Å². The second kappa shape index (κ2) is 6.00. The summed E-state index contributed by atoms with van der Waals surface area (Å²) in [6, 6.07) is 11.1. The molecule has 3 rings (SSSR count). The Morgan fingerprint density at radius 1 is 1.29 bits per heavy atom. The fourth-order valence-electron chi connectivity index (χ4n) is 2.58. The lowest BCUT2D eigenvalue weighted by Crippen LogP contribution is -2.49. The van der Waals surface area contributed by atoms with E-state index in [-0.39, 0.29) is 0 Å². The van der Waals surface area contributed by atoms with Crippen LogP contribution in [0.3, 0.4) is 0 Å². The molecule has 110 valence electrons. The monoisotopic (exact) mass is 305 g/mol. The van der Waals surface area contributed by atoms with Crippen molar-refractivity contribution in [3.05, 3.63) is 47.6 Å². The van der Waals surface area contributed by atoms with Crippen LogP contribution >= 0.6 is 11.6 Å². The molecule has 5 heteroatoms. The number of hydrogen-bond acceptors (Lipinski definition) is 3. The zero-order chi connectivity index (χ0) is 14.8. The Balaban J connectivity index is 1.78. The van der Waals surface area contributed by atoms with Gasteiger partial charge in [-0.15, -0.1) is 0 Å². The van der Waals surface area contributed by atoms with Gasteiger partial charge < -0.3 is 10.6 Å². The van der Waals surface area contributed by atoms with Gasteiger partial charge in [-0.25, -0.2) is 4.39 Å². The molecule has 0 aliphatic carbocycles. The van der Waals surface area contributed by atoms with Crippen molar-refractivity contribution in [1.82, 2.24) is 4.98 Å². The third-order valence-electron chi connectivity index (χ3n) is 3.80. The highest BCUT2D eigenvalue weighted by molar-refractivity contribution is 6.30. The minimum absolute atomic E-state index is 0.425. The van der Waals surface area contributed by atoms with E-state index in [9.17, 15) is 4.39 Å². The Morgan fingerprint density at radius 2 is 2.14 bits per heavy atom. The van der Waals surface area contributed by atoms with Gasteiger partial charge in [-0.05, 0) is 30.7 Å². The first-order valence-corrected chi connectivity index (χ1v) is 7.38. The van der Waals surface area contributed by atoms with Gasteiger partial charge in [-0.2, -0.15) is 0 Å². The number of pyridine rings is 1. The minimum Gasteiger partial charge on any atom is -0.369 e. The minimum atomic E-state index is -0.903. The topological polar surface area (TPSA) is 42.1 Å². The van der Waals surface area contributed by atoms with Gasteiger partial charge >= 0.3 is 0 Å². The normalized spacial score (nSPS) is 22.3. The van der Waals surface area contributed by atoms with Crippen molar-refractivity contribution in [2.75, 3.05) is 18.0 Å². The lowest BCUT2D eigenvalue weighted by atomic mass is 10.0. The summed E-state index contributed by atoms with van der Waals surface area (Å²) in [6.07, 6.45) is 1.37. The van der Waals surface area contributed by atoms with Crippen LogP contribution in [0, 0.1) is 0 Å². The van der Waals surface area contributed by atoms with Gasteiger partial charge in [0, 0.05) is 23.7 Å². The highest BCUT2D eigenvalue weighted by Crippen LogP contribution is 2.25. The van der Waals surface area contributed by atoms with E-state index in [0.29, 0.717) is 24.5 Å². The molecule has 2 heterocycles. The van der Waals surface area contributed by atoms with Crippen LogP contribution in [0.25, 0.3) is 11.3 Å². The molecule has 21 heavy (non-hydrogen) atoms. The van der Waals surface area contributed by atoms with Crippen molar-refractivity contribution in [3.8, 4) is 11.3 Å². The number of aromatic nitrogens is 1. The van der Waals surface area contributed by atoms with Gasteiger partial charge in [0.05, 0.1) is 23.6 Å². The number of benzene rings is 1. The van der Waals surface area contributed by atoms with E-state index in [2.05, 4.69) is 9.88 Å². The van der Waals surface area contributed by atoms with E-state index < -0.39 is 12.2 Å². The Labute approximate surface area is 128 Å². The summed E-state index contributed by atoms with van der Waals surface area (Å²) in [4.78, 5) is 6.55.